The Hall–Kier alpha value is 0.527. The van der Waals surface area contributed by atoms with Crippen molar-refractivity contribution >= 4 is 21.0 Å². The van der Waals surface area contributed by atoms with Crippen LogP contribution < -0.4 is 0 Å². The molecule has 0 N–H and O–H groups in total. The van der Waals surface area contributed by atoms with E-state index in [1.165, 1.54) is 0 Å². The highest BCUT2D eigenvalue weighted by molar-refractivity contribution is 7.75. The second-order valence-corrected chi connectivity index (χ2v) is 8.96. The number of hydrogen-bond acceptors (Lipinski definition) is 2. The molecule has 0 aliphatic heterocycles. The van der Waals surface area contributed by atoms with Crippen molar-refractivity contribution < 1.29 is 4.18 Å². The summed E-state index contributed by atoms with van der Waals surface area (Å²) in [6, 6.07) is 0. The molecular weight excluding hydrogens is 148 g/mol. The summed E-state index contributed by atoms with van der Waals surface area (Å²) in [7, 11) is -1.09. The summed E-state index contributed by atoms with van der Waals surface area (Å²) in [5, 5.41) is 0. The summed E-state index contributed by atoms with van der Waals surface area (Å²) < 4.78 is 5.02. The quantitative estimate of drug-likeness (QED) is 0.383. The molecule has 0 aliphatic rings. The Morgan fingerprint density at radius 3 is 1.89 bits per heavy atom. The van der Waals surface area contributed by atoms with E-state index >= 15 is 0 Å². The van der Waals surface area contributed by atoms with Gasteiger partial charge in [0.15, 0.2) is 0 Å². The molecule has 0 heterocycles. The van der Waals surface area contributed by atoms with Gasteiger partial charge in [-0.2, -0.15) is 0 Å². The van der Waals surface area contributed by atoms with E-state index in [9.17, 15) is 0 Å². The van der Waals surface area contributed by atoms with Crippen LogP contribution in [0, 0.1) is 0 Å². The van der Waals surface area contributed by atoms with Crippen LogP contribution in [0.15, 0.2) is 0 Å². The second-order valence-electron chi connectivity index (χ2n) is 3.37. The molecule has 56 valence electrons. The largest absolute Gasteiger partial charge is 0.319 e. The third-order valence-electron chi connectivity index (χ3n) is 1.46. The standard InChI is InChI=1S/C6H16OSSi/c1-5-6(7-8)9(2,3)4/h6,8H,5H2,1-4H3. The van der Waals surface area contributed by atoms with Gasteiger partial charge in [-0.3, -0.25) is 0 Å². The Balaban J connectivity index is 3.79. The van der Waals surface area contributed by atoms with Crippen molar-refractivity contribution in [1.29, 1.82) is 0 Å². The van der Waals surface area contributed by atoms with Crippen LogP contribution >= 0.6 is 12.9 Å². The van der Waals surface area contributed by atoms with Gasteiger partial charge < -0.3 is 4.18 Å². The van der Waals surface area contributed by atoms with Crippen LogP contribution in [0.1, 0.15) is 13.3 Å². The van der Waals surface area contributed by atoms with E-state index in [1.54, 1.807) is 0 Å². The molecule has 0 aromatic heterocycles. The highest BCUT2D eigenvalue weighted by atomic mass is 32.1. The van der Waals surface area contributed by atoms with Crippen molar-refractivity contribution in [2.24, 2.45) is 0 Å². The Morgan fingerprint density at radius 1 is 1.44 bits per heavy atom. The highest BCUT2D eigenvalue weighted by Crippen LogP contribution is 2.15. The van der Waals surface area contributed by atoms with Gasteiger partial charge in [0.25, 0.3) is 0 Å². The van der Waals surface area contributed by atoms with Crippen LogP contribution in [0.25, 0.3) is 0 Å². The van der Waals surface area contributed by atoms with Gasteiger partial charge in [0.05, 0.1) is 13.8 Å². The Labute approximate surface area is 64.4 Å². The molecule has 1 atom stereocenters. The summed E-state index contributed by atoms with van der Waals surface area (Å²) in [6.45, 7) is 9.01. The van der Waals surface area contributed by atoms with Gasteiger partial charge in [-0.15, -0.1) is 0 Å². The minimum atomic E-state index is -1.09. The van der Waals surface area contributed by atoms with Gasteiger partial charge in [0, 0.05) is 0 Å². The summed E-state index contributed by atoms with van der Waals surface area (Å²) in [6.07, 6.45) is 1.08. The molecule has 0 aromatic carbocycles. The molecule has 0 aromatic rings. The Morgan fingerprint density at radius 2 is 1.89 bits per heavy atom. The third kappa shape index (κ3) is 3.28. The minimum Gasteiger partial charge on any atom is -0.319 e. The number of thiol groups is 1. The molecular formula is C6H16OSSi. The van der Waals surface area contributed by atoms with Crippen molar-refractivity contribution in [2.45, 2.75) is 38.7 Å². The summed E-state index contributed by atoms with van der Waals surface area (Å²) >= 11 is 3.82. The van der Waals surface area contributed by atoms with Gasteiger partial charge in [-0.05, 0) is 19.3 Å². The topological polar surface area (TPSA) is 9.23 Å². The molecule has 0 rings (SSSR count). The first-order valence-corrected chi connectivity index (χ1v) is 7.26. The molecule has 3 heteroatoms. The minimum absolute atomic E-state index is 0.404. The lowest BCUT2D eigenvalue weighted by atomic mass is 10.5. The zero-order valence-corrected chi connectivity index (χ0v) is 8.53. The van der Waals surface area contributed by atoms with Crippen molar-refractivity contribution in [3.05, 3.63) is 0 Å². The van der Waals surface area contributed by atoms with Crippen LogP contribution in [0.3, 0.4) is 0 Å². The van der Waals surface area contributed by atoms with Crippen LogP contribution in [0.5, 0.6) is 0 Å². The van der Waals surface area contributed by atoms with E-state index < -0.39 is 8.07 Å². The lowest BCUT2D eigenvalue weighted by Gasteiger charge is -2.24. The van der Waals surface area contributed by atoms with E-state index in [0.717, 1.165) is 6.42 Å². The zero-order valence-electron chi connectivity index (χ0n) is 6.64. The lowest BCUT2D eigenvalue weighted by Crippen LogP contribution is -2.37. The predicted octanol–water partition coefficient (Wildman–Crippen LogP) is 2.50. The molecule has 0 bridgehead atoms. The van der Waals surface area contributed by atoms with E-state index in [2.05, 4.69) is 39.5 Å². The van der Waals surface area contributed by atoms with Crippen molar-refractivity contribution in [1.82, 2.24) is 0 Å². The van der Waals surface area contributed by atoms with Crippen LogP contribution in [0.4, 0.5) is 0 Å². The van der Waals surface area contributed by atoms with E-state index in [4.69, 9.17) is 4.18 Å². The fourth-order valence-electron chi connectivity index (χ4n) is 0.845. The van der Waals surface area contributed by atoms with Crippen LogP contribution in [-0.4, -0.2) is 13.8 Å². The van der Waals surface area contributed by atoms with Crippen molar-refractivity contribution in [2.75, 3.05) is 0 Å². The highest BCUT2D eigenvalue weighted by Gasteiger charge is 2.24. The van der Waals surface area contributed by atoms with Gasteiger partial charge in [-0.25, -0.2) is 0 Å². The SMILES string of the molecule is CCC(OS)[Si](C)(C)C. The molecule has 0 saturated carbocycles. The third-order valence-corrected chi connectivity index (χ3v) is 4.37. The molecule has 1 nitrogen and oxygen atoms in total. The molecule has 0 amide bonds. The normalized spacial score (nSPS) is 15.7. The maximum atomic E-state index is 5.02. The van der Waals surface area contributed by atoms with Gasteiger partial charge in [-0.1, -0.05) is 26.6 Å². The summed E-state index contributed by atoms with van der Waals surface area (Å²) in [5.74, 6) is 0. The Bertz CT molecular complexity index is 75.6. The maximum Gasteiger partial charge on any atom is 0.0801 e. The average molecular weight is 164 g/mol. The van der Waals surface area contributed by atoms with Crippen molar-refractivity contribution in [3.63, 3.8) is 0 Å². The molecule has 0 saturated heterocycles. The van der Waals surface area contributed by atoms with Gasteiger partial charge in [0.2, 0.25) is 0 Å². The van der Waals surface area contributed by atoms with E-state index in [0.29, 0.717) is 5.73 Å². The summed E-state index contributed by atoms with van der Waals surface area (Å²) in [4.78, 5) is 0. The van der Waals surface area contributed by atoms with Crippen LogP contribution in [0.2, 0.25) is 19.6 Å². The second kappa shape index (κ2) is 3.64. The first-order valence-electron chi connectivity index (χ1n) is 3.32. The number of rotatable bonds is 3. The molecule has 0 spiro atoms. The van der Waals surface area contributed by atoms with E-state index in [1.807, 2.05) is 0 Å². The fraction of sp³-hybridized carbons (Fsp3) is 1.00. The number of hydrogen-bond donors (Lipinski definition) is 1. The Kier molecular flexibility index (Phi) is 3.85. The zero-order chi connectivity index (χ0) is 7.49. The van der Waals surface area contributed by atoms with Gasteiger partial charge in [0.1, 0.15) is 0 Å². The molecule has 0 fully saturated rings. The molecule has 1 unspecified atom stereocenters. The molecule has 0 aliphatic carbocycles. The van der Waals surface area contributed by atoms with Crippen molar-refractivity contribution in [3.8, 4) is 0 Å². The lowest BCUT2D eigenvalue weighted by molar-refractivity contribution is 0.320. The van der Waals surface area contributed by atoms with Gasteiger partial charge >= 0.3 is 0 Å². The fourth-order valence-corrected chi connectivity index (χ4v) is 3.48. The predicted molar refractivity (Wildman–Crippen MR) is 47.5 cm³/mol. The van der Waals surface area contributed by atoms with E-state index in [-0.39, 0.29) is 0 Å². The molecule has 9 heavy (non-hydrogen) atoms. The monoisotopic (exact) mass is 164 g/mol. The van der Waals surface area contributed by atoms with Crippen LogP contribution in [-0.2, 0) is 4.18 Å². The first-order chi connectivity index (χ1) is 4.02. The first kappa shape index (κ1) is 9.53. The average Bonchev–Trinajstić information content (AvgIpc) is 1.65. The molecule has 0 radical (unpaired) electrons. The maximum absolute atomic E-state index is 5.02. The summed E-state index contributed by atoms with van der Waals surface area (Å²) in [5.41, 5.74) is 0.404. The smallest absolute Gasteiger partial charge is 0.0801 e.